The monoisotopic (exact) mass is 385 g/mol. The number of aryl methyl sites for hydroxylation is 1. The Kier molecular flexibility index (Phi) is 4.00. The van der Waals surface area contributed by atoms with Gasteiger partial charge in [-0.15, -0.1) is 0 Å². The summed E-state index contributed by atoms with van der Waals surface area (Å²) in [5, 5.41) is 1.58. The summed E-state index contributed by atoms with van der Waals surface area (Å²) in [5.41, 5.74) is 3.54. The molecule has 1 spiro atoms. The topological polar surface area (TPSA) is 55.8 Å². The molecule has 0 aliphatic carbocycles. The number of carbonyl (C=O) groups excluding carboxylic acids is 2. The third kappa shape index (κ3) is 2.82. The molecule has 0 unspecified atom stereocenters. The second kappa shape index (κ2) is 6.57. The third-order valence-electron chi connectivity index (χ3n) is 5.46. The Hall–Kier alpha value is -3.44. The molecule has 2 aliphatic rings. The van der Waals surface area contributed by atoms with Crippen LogP contribution in [0.1, 0.15) is 38.3 Å². The molecule has 0 saturated carbocycles. The Balaban J connectivity index is 1.58. The summed E-state index contributed by atoms with van der Waals surface area (Å²) >= 11 is 0. The van der Waals surface area contributed by atoms with Crippen LogP contribution in [0, 0.1) is 6.92 Å². The van der Waals surface area contributed by atoms with E-state index in [-0.39, 0.29) is 12.2 Å². The molecule has 0 N–H and O–H groups in total. The van der Waals surface area contributed by atoms with Crippen molar-refractivity contribution in [3.63, 3.8) is 0 Å². The van der Waals surface area contributed by atoms with Gasteiger partial charge in [-0.3, -0.25) is 4.79 Å². The Morgan fingerprint density at radius 1 is 0.966 bits per heavy atom. The van der Waals surface area contributed by atoms with E-state index in [9.17, 15) is 9.59 Å². The van der Waals surface area contributed by atoms with Crippen molar-refractivity contribution in [3.8, 4) is 0 Å². The van der Waals surface area contributed by atoms with E-state index in [4.69, 9.17) is 9.57 Å². The third-order valence-corrected chi connectivity index (χ3v) is 5.46. The molecule has 3 aromatic rings. The molecule has 29 heavy (non-hydrogen) atoms. The first-order valence-electron chi connectivity index (χ1n) is 9.54. The van der Waals surface area contributed by atoms with Gasteiger partial charge in [0.05, 0.1) is 17.7 Å². The minimum absolute atomic E-state index is 0.0776. The lowest BCUT2D eigenvalue weighted by atomic mass is 9.93. The molecule has 144 valence electrons. The van der Waals surface area contributed by atoms with Crippen LogP contribution in [-0.2, 0) is 15.4 Å². The maximum Gasteiger partial charge on any atom is 0.341 e. The van der Waals surface area contributed by atoms with Gasteiger partial charge in [0.2, 0.25) is 0 Å². The molecule has 0 aromatic heterocycles. The summed E-state index contributed by atoms with van der Waals surface area (Å²) in [7, 11) is 0. The van der Waals surface area contributed by atoms with Crippen LogP contribution in [-0.4, -0.2) is 17.8 Å². The Morgan fingerprint density at radius 3 is 2.41 bits per heavy atom. The summed E-state index contributed by atoms with van der Waals surface area (Å²) < 4.78 is 5.71. The van der Waals surface area contributed by atoms with Crippen molar-refractivity contribution in [1.82, 2.24) is 0 Å². The number of ether oxygens (including phenoxy) is 1. The van der Waals surface area contributed by atoms with Crippen LogP contribution in [0.5, 0.6) is 0 Å². The summed E-state index contributed by atoms with van der Waals surface area (Å²) in [6.07, 6.45) is 0.220. The zero-order chi connectivity index (χ0) is 20.0. The van der Waals surface area contributed by atoms with Crippen LogP contribution in [0.15, 0.2) is 78.9 Å². The van der Waals surface area contributed by atoms with E-state index >= 15 is 0 Å². The van der Waals surface area contributed by atoms with Crippen molar-refractivity contribution >= 4 is 17.4 Å². The lowest BCUT2D eigenvalue weighted by Gasteiger charge is -2.25. The van der Waals surface area contributed by atoms with E-state index < -0.39 is 17.8 Å². The first-order chi connectivity index (χ1) is 14.1. The predicted octanol–water partition coefficient (Wildman–Crippen LogP) is 4.41. The molecule has 2 atom stereocenters. The van der Waals surface area contributed by atoms with Crippen molar-refractivity contribution in [2.45, 2.75) is 25.2 Å². The molecule has 5 nitrogen and oxygen atoms in total. The molecule has 0 amide bonds. The number of rotatable bonds is 3. The Morgan fingerprint density at radius 2 is 1.66 bits per heavy atom. The van der Waals surface area contributed by atoms with Crippen LogP contribution in [0.25, 0.3) is 0 Å². The number of nitrogens with zero attached hydrogens (tertiary/aromatic N) is 1. The number of hydroxylamine groups is 1. The van der Waals surface area contributed by atoms with E-state index in [2.05, 4.69) is 0 Å². The lowest BCUT2D eigenvalue weighted by molar-refractivity contribution is -0.180. The highest BCUT2D eigenvalue weighted by Crippen LogP contribution is 2.48. The van der Waals surface area contributed by atoms with Crippen LogP contribution in [0.2, 0.25) is 0 Å². The van der Waals surface area contributed by atoms with E-state index in [1.54, 1.807) is 17.2 Å². The van der Waals surface area contributed by atoms with Crippen LogP contribution in [0.3, 0.4) is 0 Å². The highest BCUT2D eigenvalue weighted by Gasteiger charge is 2.57. The fourth-order valence-corrected chi connectivity index (χ4v) is 3.99. The minimum atomic E-state index is -1.30. The smallest absolute Gasteiger partial charge is 0.341 e. The van der Waals surface area contributed by atoms with E-state index in [0.717, 1.165) is 11.3 Å². The summed E-state index contributed by atoms with van der Waals surface area (Å²) in [6, 6.07) is 23.4. The van der Waals surface area contributed by atoms with E-state index in [1.165, 1.54) is 0 Å². The first-order valence-corrected chi connectivity index (χ1v) is 9.54. The number of carbonyl (C=O) groups is 2. The van der Waals surface area contributed by atoms with E-state index in [1.807, 2.05) is 73.7 Å². The summed E-state index contributed by atoms with van der Waals surface area (Å²) in [4.78, 5) is 32.1. The average Bonchev–Trinajstić information content (AvgIpc) is 3.27. The molecule has 1 fully saturated rings. The molecule has 0 radical (unpaired) electrons. The number of fused-ring (bicyclic) bond motifs is 2. The first kappa shape index (κ1) is 17.6. The molecule has 5 heteroatoms. The summed E-state index contributed by atoms with van der Waals surface area (Å²) in [5.74, 6) is -1.81. The normalized spacial score (nSPS) is 22.6. The number of para-hydroxylation sites is 1. The molecule has 1 saturated heterocycles. The highest BCUT2D eigenvalue weighted by atomic mass is 16.8. The fraction of sp³-hybridized carbons (Fsp3) is 0.167. The highest BCUT2D eigenvalue weighted by molar-refractivity contribution is 6.02. The zero-order valence-corrected chi connectivity index (χ0v) is 15.9. The number of ketones is 1. The maximum atomic E-state index is 13.4. The van der Waals surface area contributed by atoms with Gasteiger partial charge < -0.3 is 4.74 Å². The molecule has 3 aromatic carbocycles. The second-order valence-electron chi connectivity index (χ2n) is 7.39. The van der Waals surface area contributed by atoms with Crippen molar-refractivity contribution in [3.05, 3.63) is 101 Å². The van der Waals surface area contributed by atoms with Crippen LogP contribution in [0.4, 0.5) is 5.69 Å². The van der Waals surface area contributed by atoms with Gasteiger partial charge in [0.25, 0.3) is 5.79 Å². The van der Waals surface area contributed by atoms with Crippen molar-refractivity contribution in [2.75, 3.05) is 5.06 Å². The molecular formula is C24H19NO4. The molecule has 0 bridgehead atoms. The maximum absolute atomic E-state index is 13.4. The van der Waals surface area contributed by atoms with Gasteiger partial charge in [0.1, 0.15) is 6.04 Å². The van der Waals surface area contributed by atoms with Crippen molar-refractivity contribution < 1.29 is 19.2 Å². The summed E-state index contributed by atoms with van der Waals surface area (Å²) in [6.45, 7) is 1.98. The van der Waals surface area contributed by atoms with Gasteiger partial charge in [0.15, 0.2) is 5.78 Å². The predicted molar refractivity (Wildman–Crippen MR) is 107 cm³/mol. The van der Waals surface area contributed by atoms with Crippen molar-refractivity contribution in [1.29, 1.82) is 0 Å². The largest absolute Gasteiger partial charge is 0.423 e. The van der Waals surface area contributed by atoms with Crippen LogP contribution >= 0.6 is 0 Å². The minimum Gasteiger partial charge on any atom is -0.423 e. The molecular weight excluding hydrogens is 366 g/mol. The standard InChI is InChI=1S/C24H19NO4/c1-16-11-13-17(14-12-16)22(26)21-15-24(29-25(21)18-7-3-2-4-8-18)20-10-6-5-9-19(20)23(27)28-24/h2-14,21H,15H2,1H3/t21-,24+/m1/s1. The van der Waals surface area contributed by atoms with Gasteiger partial charge in [-0.25, -0.2) is 14.7 Å². The molecule has 2 aliphatic heterocycles. The SMILES string of the molecule is Cc1ccc(C(=O)[C@H]2C[C@]3(OC(=O)c4ccccc43)ON2c2ccccc2)cc1. The molecule has 2 heterocycles. The fourth-order valence-electron chi connectivity index (χ4n) is 3.99. The van der Waals surface area contributed by atoms with Gasteiger partial charge in [-0.05, 0) is 25.1 Å². The number of esters is 1. The second-order valence-corrected chi connectivity index (χ2v) is 7.39. The quantitative estimate of drug-likeness (QED) is 0.494. The van der Waals surface area contributed by atoms with Crippen molar-refractivity contribution in [2.24, 2.45) is 0 Å². The van der Waals surface area contributed by atoms with Gasteiger partial charge in [-0.2, -0.15) is 0 Å². The number of Topliss-reactive ketones (excluding diaryl/α,β-unsaturated/α-hetero) is 1. The van der Waals surface area contributed by atoms with Gasteiger partial charge in [0, 0.05) is 11.1 Å². The van der Waals surface area contributed by atoms with E-state index in [0.29, 0.717) is 16.7 Å². The van der Waals surface area contributed by atoms with Gasteiger partial charge >= 0.3 is 5.97 Å². The Labute approximate surface area is 168 Å². The number of hydrogen-bond acceptors (Lipinski definition) is 5. The van der Waals surface area contributed by atoms with Crippen LogP contribution < -0.4 is 5.06 Å². The number of hydrogen-bond donors (Lipinski definition) is 0. The Bertz CT molecular complexity index is 1090. The molecule has 5 rings (SSSR count). The van der Waals surface area contributed by atoms with Gasteiger partial charge in [-0.1, -0.05) is 66.2 Å². The average molecular weight is 385 g/mol. The number of benzene rings is 3. The zero-order valence-electron chi connectivity index (χ0n) is 15.9. The number of anilines is 1. The lowest BCUT2D eigenvalue weighted by Crippen LogP contribution is -2.35.